The van der Waals surface area contributed by atoms with Crippen LogP contribution in [0.15, 0.2) is 0 Å². The van der Waals surface area contributed by atoms with Crippen LogP contribution in [0.4, 0.5) is 0 Å². The molecular formula is C16H32N2. The molecule has 0 atom stereocenters. The van der Waals surface area contributed by atoms with Gasteiger partial charge in [0.25, 0.3) is 0 Å². The molecule has 2 aliphatic rings. The first-order valence-corrected chi connectivity index (χ1v) is 7.82. The van der Waals surface area contributed by atoms with Gasteiger partial charge < -0.3 is 10.2 Å². The molecule has 0 aromatic rings. The normalized spacial score (nSPS) is 23.8. The fourth-order valence-corrected chi connectivity index (χ4v) is 3.35. The summed E-state index contributed by atoms with van der Waals surface area (Å²) >= 11 is 0. The van der Waals surface area contributed by atoms with Gasteiger partial charge in [0.1, 0.15) is 0 Å². The second-order valence-electron chi connectivity index (χ2n) is 7.95. The minimum Gasteiger partial charge on any atom is -0.311 e. The molecule has 106 valence electrons. The van der Waals surface area contributed by atoms with Gasteiger partial charge in [-0.25, -0.2) is 0 Å². The van der Waals surface area contributed by atoms with Gasteiger partial charge in [-0.2, -0.15) is 0 Å². The summed E-state index contributed by atoms with van der Waals surface area (Å²) in [5.74, 6) is 1.02. The average molecular weight is 252 g/mol. The van der Waals surface area contributed by atoms with Crippen LogP contribution in [0, 0.1) is 11.3 Å². The maximum atomic E-state index is 3.75. The molecule has 0 unspecified atom stereocenters. The Bertz CT molecular complexity index is 257. The highest BCUT2D eigenvalue weighted by Crippen LogP contribution is 2.39. The third kappa shape index (κ3) is 4.55. The molecule has 2 saturated carbocycles. The molecule has 0 amide bonds. The van der Waals surface area contributed by atoms with Gasteiger partial charge >= 0.3 is 0 Å². The van der Waals surface area contributed by atoms with E-state index in [4.69, 9.17) is 0 Å². The molecular weight excluding hydrogens is 220 g/mol. The molecule has 2 fully saturated rings. The highest BCUT2D eigenvalue weighted by molar-refractivity contribution is 4.91. The molecule has 0 aromatic heterocycles. The van der Waals surface area contributed by atoms with E-state index in [1.807, 2.05) is 0 Å². The Hall–Kier alpha value is -0.0800. The number of nitrogens with one attached hydrogen (secondary N) is 1. The standard InChI is InChI=1S/C16H32N2/c1-15(2,3)17-12-16(9-5-6-10-16)13-18(4)11-14-7-8-14/h14,17H,5-13H2,1-4H3. The summed E-state index contributed by atoms with van der Waals surface area (Å²) in [6.07, 6.45) is 8.65. The summed E-state index contributed by atoms with van der Waals surface area (Å²) in [5, 5.41) is 3.75. The predicted molar refractivity (Wildman–Crippen MR) is 78.9 cm³/mol. The van der Waals surface area contributed by atoms with Crippen molar-refractivity contribution in [3.63, 3.8) is 0 Å². The molecule has 0 aromatic carbocycles. The fourth-order valence-electron chi connectivity index (χ4n) is 3.35. The van der Waals surface area contributed by atoms with Gasteiger partial charge in [0.2, 0.25) is 0 Å². The van der Waals surface area contributed by atoms with E-state index in [2.05, 4.69) is 38.0 Å². The number of rotatable bonds is 6. The average Bonchev–Trinajstić information content (AvgIpc) is 2.92. The monoisotopic (exact) mass is 252 g/mol. The lowest BCUT2D eigenvalue weighted by atomic mass is 9.84. The zero-order valence-corrected chi connectivity index (χ0v) is 12.9. The molecule has 1 N–H and O–H groups in total. The van der Waals surface area contributed by atoms with E-state index in [1.165, 1.54) is 58.2 Å². The molecule has 0 saturated heterocycles. The zero-order chi connectivity index (χ0) is 13.2. The van der Waals surface area contributed by atoms with Crippen LogP contribution in [0.1, 0.15) is 59.3 Å². The van der Waals surface area contributed by atoms with E-state index in [-0.39, 0.29) is 5.54 Å². The van der Waals surface area contributed by atoms with Gasteiger partial charge in [0.15, 0.2) is 0 Å². The van der Waals surface area contributed by atoms with Crippen molar-refractivity contribution in [3.05, 3.63) is 0 Å². The van der Waals surface area contributed by atoms with Crippen molar-refractivity contribution in [2.75, 3.05) is 26.7 Å². The van der Waals surface area contributed by atoms with Crippen molar-refractivity contribution in [2.24, 2.45) is 11.3 Å². The minimum absolute atomic E-state index is 0.255. The van der Waals surface area contributed by atoms with Gasteiger partial charge in [-0.15, -0.1) is 0 Å². The van der Waals surface area contributed by atoms with Gasteiger partial charge in [-0.1, -0.05) is 12.8 Å². The molecule has 0 spiro atoms. The second kappa shape index (κ2) is 5.50. The second-order valence-corrected chi connectivity index (χ2v) is 7.95. The number of hydrogen-bond acceptors (Lipinski definition) is 2. The van der Waals surface area contributed by atoms with E-state index >= 15 is 0 Å². The van der Waals surface area contributed by atoms with Crippen molar-refractivity contribution in [1.29, 1.82) is 0 Å². The van der Waals surface area contributed by atoms with Crippen LogP contribution in [0.2, 0.25) is 0 Å². The van der Waals surface area contributed by atoms with Crippen LogP contribution in [0.5, 0.6) is 0 Å². The summed E-state index contributed by atoms with van der Waals surface area (Å²) in [6, 6.07) is 0. The van der Waals surface area contributed by atoms with E-state index in [0.717, 1.165) is 5.92 Å². The maximum absolute atomic E-state index is 3.75. The maximum Gasteiger partial charge on any atom is 0.00967 e. The Labute approximate surface area is 114 Å². The molecule has 0 radical (unpaired) electrons. The van der Waals surface area contributed by atoms with Gasteiger partial charge in [-0.05, 0) is 64.8 Å². The minimum atomic E-state index is 0.255. The van der Waals surface area contributed by atoms with Crippen molar-refractivity contribution in [2.45, 2.75) is 64.8 Å². The molecule has 0 bridgehead atoms. The first-order valence-electron chi connectivity index (χ1n) is 7.82. The fraction of sp³-hybridized carbons (Fsp3) is 1.00. The third-order valence-electron chi connectivity index (χ3n) is 4.53. The highest BCUT2D eigenvalue weighted by Gasteiger charge is 2.36. The van der Waals surface area contributed by atoms with Gasteiger partial charge in [0.05, 0.1) is 0 Å². The molecule has 0 aliphatic heterocycles. The summed E-state index contributed by atoms with van der Waals surface area (Å²) in [5.41, 5.74) is 0.807. The van der Waals surface area contributed by atoms with Crippen LogP contribution in [0.3, 0.4) is 0 Å². The first-order chi connectivity index (χ1) is 8.39. The van der Waals surface area contributed by atoms with Crippen LogP contribution >= 0.6 is 0 Å². The smallest absolute Gasteiger partial charge is 0.00967 e. The van der Waals surface area contributed by atoms with Crippen molar-refractivity contribution in [3.8, 4) is 0 Å². The third-order valence-corrected chi connectivity index (χ3v) is 4.53. The number of nitrogens with zero attached hydrogens (tertiary/aromatic N) is 1. The topological polar surface area (TPSA) is 15.3 Å². The summed E-state index contributed by atoms with van der Waals surface area (Å²) in [6.45, 7) is 10.7. The Kier molecular flexibility index (Phi) is 4.38. The van der Waals surface area contributed by atoms with Crippen molar-refractivity contribution >= 4 is 0 Å². The van der Waals surface area contributed by atoms with Gasteiger partial charge in [-0.3, -0.25) is 0 Å². The lowest BCUT2D eigenvalue weighted by Crippen LogP contribution is -2.47. The SMILES string of the molecule is CN(CC1CC1)CC1(CNC(C)(C)C)CCCC1. The molecule has 0 heterocycles. The van der Waals surface area contributed by atoms with Gasteiger partial charge in [0, 0.05) is 25.2 Å². The van der Waals surface area contributed by atoms with Crippen LogP contribution in [-0.4, -0.2) is 37.1 Å². The van der Waals surface area contributed by atoms with Crippen molar-refractivity contribution < 1.29 is 0 Å². The van der Waals surface area contributed by atoms with E-state index in [0.29, 0.717) is 5.41 Å². The number of hydrogen-bond donors (Lipinski definition) is 1. The lowest BCUT2D eigenvalue weighted by Gasteiger charge is -2.36. The molecule has 2 heteroatoms. The Morgan fingerprint density at radius 1 is 1.17 bits per heavy atom. The summed E-state index contributed by atoms with van der Waals surface area (Å²) in [4.78, 5) is 2.60. The zero-order valence-electron chi connectivity index (χ0n) is 12.9. The van der Waals surface area contributed by atoms with Crippen molar-refractivity contribution in [1.82, 2.24) is 10.2 Å². The Morgan fingerprint density at radius 3 is 2.28 bits per heavy atom. The van der Waals surface area contributed by atoms with Crippen LogP contribution in [-0.2, 0) is 0 Å². The molecule has 2 aliphatic carbocycles. The van der Waals surface area contributed by atoms with E-state index in [1.54, 1.807) is 0 Å². The predicted octanol–water partition coefficient (Wildman–Crippen LogP) is 3.28. The Balaban J connectivity index is 1.84. The quantitative estimate of drug-likeness (QED) is 0.780. The molecule has 2 nitrogen and oxygen atoms in total. The van der Waals surface area contributed by atoms with E-state index < -0.39 is 0 Å². The van der Waals surface area contributed by atoms with Crippen LogP contribution < -0.4 is 5.32 Å². The molecule has 18 heavy (non-hydrogen) atoms. The largest absolute Gasteiger partial charge is 0.311 e. The van der Waals surface area contributed by atoms with Crippen LogP contribution in [0.25, 0.3) is 0 Å². The highest BCUT2D eigenvalue weighted by atomic mass is 15.1. The Morgan fingerprint density at radius 2 is 1.78 bits per heavy atom. The molecule has 2 rings (SSSR count). The first kappa shape index (κ1) is 14.3. The lowest BCUT2D eigenvalue weighted by molar-refractivity contribution is 0.157. The van der Waals surface area contributed by atoms with E-state index in [9.17, 15) is 0 Å². The summed E-state index contributed by atoms with van der Waals surface area (Å²) in [7, 11) is 2.33. The summed E-state index contributed by atoms with van der Waals surface area (Å²) < 4.78 is 0.